The zero-order valence-electron chi connectivity index (χ0n) is 14.1. The lowest BCUT2D eigenvalue weighted by molar-refractivity contribution is -0.140. The zero-order chi connectivity index (χ0) is 17.7. The molecule has 1 aromatic rings. The number of amides is 3. The Morgan fingerprint density at radius 2 is 1.88 bits per heavy atom. The highest BCUT2D eigenvalue weighted by Gasteiger charge is 2.58. The fourth-order valence-corrected chi connectivity index (χ4v) is 4.86. The van der Waals surface area contributed by atoms with E-state index in [-0.39, 0.29) is 60.3 Å². The molecule has 3 amide bonds. The first-order valence-corrected chi connectivity index (χ1v) is 9.44. The second kappa shape index (κ2) is 6.01. The molecule has 2 heterocycles. The van der Waals surface area contributed by atoms with E-state index in [1.807, 2.05) is 13.8 Å². The standard InChI is InChI=1S/C17H20N4O3S/c1-8(2)14-19-20-17(25-14)18-11(22)5-6-21-15(23)12-9-3-4-10(7-9)13(12)16(21)24/h3-4,8-10,12-13H,5-7H2,1-2H3,(H,18,20,22)/t9-,10-,12-,13+/m0/s1. The van der Waals surface area contributed by atoms with E-state index in [9.17, 15) is 14.4 Å². The van der Waals surface area contributed by atoms with Crippen LogP contribution in [0, 0.1) is 23.7 Å². The van der Waals surface area contributed by atoms with Gasteiger partial charge in [-0.3, -0.25) is 19.3 Å². The molecule has 1 saturated carbocycles. The quantitative estimate of drug-likeness (QED) is 0.638. The first-order valence-electron chi connectivity index (χ1n) is 8.62. The van der Waals surface area contributed by atoms with Crippen molar-refractivity contribution in [2.75, 3.05) is 11.9 Å². The first kappa shape index (κ1) is 16.4. The van der Waals surface area contributed by atoms with Crippen molar-refractivity contribution in [3.8, 4) is 0 Å². The number of hydrogen-bond donors (Lipinski definition) is 1. The molecule has 0 spiro atoms. The van der Waals surface area contributed by atoms with E-state index in [0.29, 0.717) is 5.13 Å². The van der Waals surface area contributed by atoms with Crippen molar-refractivity contribution >= 4 is 34.2 Å². The van der Waals surface area contributed by atoms with Crippen LogP contribution < -0.4 is 5.32 Å². The fraction of sp³-hybridized carbons (Fsp3) is 0.588. The molecule has 132 valence electrons. The number of anilines is 1. The first-order chi connectivity index (χ1) is 12.0. The SMILES string of the molecule is CC(C)c1nnc(NC(=O)CCN2C(=O)[C@@H]3[C@H](C2=O)[C@H]2C=C[C@H]3C2)s1. The second-order valence-electron chi connectivity index (χ2n) is 7.23. The van der Waals surface area contributed by atoms with Gasteiger partial charge in [0.2, 0.25) is 22.9 Å². The van der Waals surface area contributed by atoms with Gasteiger partial charge >= 0.3 is 0 Å². The number of nitrogens with one attached hydrogen (secondary N) is 1. The van der Waals surface area contributed by atoms with E-state index >= 15 is 0 Å². The molecule has 1 aliphatic heterocycles. The van der Waals surface area contributed by atoms with Crippen molar-refractivity contribution in [2.45, 2.75) is 32.6 Å². The van der Waals surface area contributed by atoms with Gasteiger partial charge in [-0.25, -0.2) is 0 Å². The van der Waals surface area contributed by atoms with Crippen LogP contribution in [0.4, 0.5) is 5.13 Å². The van der Waals surface area contributed by atoms with Gasteiger partial charge in [0.1, 0.15) is 5.01 Å². The lowest BCUT2D eigenvalue weighted by atomic mass is 9.85. The van der Waals surface area contributed by atoms with Crippen molar-refractivity contribution in [3.05, 3.63) is 17.2 Å². The molecule has 8 heteroatoms. The number of carbonyl (C=O) groups is 3. The minimum absolute atomic E-state index is 0.0796. The molecule has 25 heavy (non-hydrogen) atoms. The lowest BCUT2D eigenvalue weighted by Gasteiger charge is -2.16. The molecule has 3 aliphatic rings. The van der Waals surface area contributed by atoms with E-state index in [4.69, 9.17) is 0 Å². The predicted octanol–water partition coefficient (Wildman–Crippen LogP) is 1.80. The molecular weight excluding hydrogens is 340 g/mol. The minimum Gasteiger partial charge on any atom is -0.300 e. The Kier molecular flexibility index (Phi) is 3.94. The van der Waals surface area contributed by atoms with Crippen LogP contribution in [0.3, 0.4) is 0 Å². The van der Waals surface area contributed by atoms with E-state index < -0.39 is 0 Å². The van der Waals surface area contributed by atoms with Gasteiger partial charge in [0, 0.05) is 18.9 Å². The number of fused-ring (bicyclic) bond motifs is 5. The highest BCUT2D eigenvalue weighted by molar-refractivity contribution is 7.15. The maximum atomic E-state index is 12.6. The molecule has 2 fully saturated rings. The van der Waals surface area contributed by atoms with Gasteiger partial charge in [-0.2, -0.15) is 0 Å². The highest BCUT2D eigenvalue weighted by Crippen LogP contribution is 2.52. The van der Waals surface area contributed by atoms with Crippen LogP contribution in [0.5, 0.6) is 0 Å². The molecule has 1 saturated heterocycles. The summed E-state index contributed by atoms with van der Waals surface area (Å²) in [4.78, 5) is 38.5. The van der Waals surface area contributed by atoms with Crippen LogP contribution >= 0.6 is 11.3 Å². The number of likely N-dealkylation sites (tertiary alicyclic amines) is 1. The van der Waals surface area contributed by atoms with Gasteiger partial charge in [0.05, 0.1) is 11.8 Å². The Morgan fingerprint density at radius 3 is 2.44 bits per heavy atom. The fourth-order valence-electron chi connectivity index (χ4n) is 4.10. The number of allylic oxidation sites excluding steroid dienone is 2. The van der Waals surface area contributed by atoms with Crippen molar-refractivity contribution < 1.29 is 14.4 Å². The summed E-state index contributed by atoms with van der Waals surface area (Å²) in [5.74, 6) is -0.251. The Hall–Kier alpha value is -2.09. The Balaban J connectivity index is 1.34. The average molecular weight is 360 g/mol. The number of carbonyl (C=O) groups excluding carboxylic acids is 3. The van der Waals surface area contributed by atoms with E-state index in [1.54, 1.807) is 0 Å². The van der Waals surface area contributed by atoms with Crippen molar-refractivity contribution in [1.82, 2.24) is 15.1 Å². The van der Waals surface area contributed by atoms with Crippen LogP contribution in [0.15, 0.2) is 12.2 Å². The summed E-state index contributed by atoms with van der Waals surface area (Å²) >= 11 is 1.34. The molecule has 0 aromatic carbocycles. The molecule has 1 N–H and O–H groups in total. The highest BCUT2D eigenvalue weighted by atomic mass is 32.1. The molecule has 7 nitrogen and oxygen atoms in total. The van der Waals surface area contributed by atoms with Gasteiger partial charge in [0.15, 0.2) is 0 Å². The zero-order valence-corrected chi connectivity index (χ0v) is 15.0. The molecule has 4 atom stereocenters. The van der Waals surface area contributed by atoms with Crippen molar-refractivity contribution in [2.24, 2.45) is 23.7 Å². The minimum atomic E-state index is -0.259. The number of aromatic nitrogens is 2. The molecule has 1 aromatic heterocycles. The van der Waals surface area contributed by atoms with Crippen LogP contribution in [0.25, 0.3) is 0 Å². The van der Waals surface area contributed by atoms with E-state index in [2.05, 4.69) is 27.7 Å². The maximum absolute atomic E-state index is 12.6. The molecule has 2 bridgehead atoms. The molecule has 0 unspecified atom stereocenters. The van der Waals surface area contributed by atoms with Gasteiger partial charge in [-0.1, -0.05) is 37.3 Å². The van der Waals surface area contributed by atoms with Crippen molar-refractivity contribution in [3.63, 3.8) is 0 Å². The summed E-state index contributed by atoms with van der Waals surface area (Å²) in [6.45, 7) is 4.15. The Bertz CT molecular complexity index is 742. The number of nitrogens with zero attached hydrogens (tertiary/aromatic N) is 3. The van der Waals surface area contributed by atoms with Crippen LogP contribution in [0.1, 0.15) is 37.6 Å². The van der Waals surface area contributed by atoms with E-state index in [1.165, 1.54) is 16.2 Å². The molecule has 2 aliphatic carbocycles. The summed E-state index contributed by atoms with van der Waals surface area (Å²) < 4.78 is 0. The molecule has 0 radical (unpaired) electrons. The van der Waals surface area contributed by atoms with Crippen molar-refractivity contribution in [1.29, 1.82) is 0 Å². The smallest absolute Gasteiger partial charge is 0.233 e. The third kappa shape index (κ3) is 2.68. The van der Waals surface area contributed by atoms with E-state index in [0.717, 1.165) is 11.4 Å². The van der Waals surface area contributed by atoms with Crippen LogP contribution in [-0.4, -0.2) is 39.4 Å². The van der Waals surface area contributed by atoms with Gasteiger partial charge in [-0.15, -0.1) is 10.2 Å². The summed E-state index contributed by atoms with van der Waals surface area (Å²) in [5.41, 5.74) is 0. The predicted molar refractivity (Wildman–Crippen MR) is 91.7 cm³/mol. The molecule has 4 rings (SSSR count). The Morgan fingerprint density at radius 1 is 1.24 bits per heavy atom. The van der Waals surface area contributed by atoms with Gasteiger partial charge in [0.25, 0.3) is 0 Å². The maximum Gasteiger partial charge on any atom is 0.233 e. The summed E-state index contributed by atoms with van der Waals surface area (Å²) in [7, 11) is 0. The lowest BCUT2D eigenvalue weighted by Crippen LogP contribution is -2.35. The summed E-state index contributed by atoms with van der Waals surface area (Å²) in [6, 6.07) is 0. The topological polar surface area (TPSA) is 92.3 Å². The van der Waals surface area contributed by atoms with Crippen LogP contribution in [-0.2, 0) is 14.4 Å². The monoisotopic (exact) mass is 360 g/mol. The largest absolute Gasteiger partial charge is 0.300 e. The van der Waals surface area contributed by atoms with Crippen LogP contribution in [0.2, 0.25) is 0 Å². The number of imide groups is 1. The third-order valence-corrected chi connectivity index (χ3v) is 6.44. The van der Waals surface area contributed by atoms with Gasteiger partial charge < -0.3 is 5.32 Å². The van der Waals surface area contributed by atoms with Gasteiger partial charge in [-0.05, 0) is 18.3 Å². The summed E-state index contributed by atoms with van der Waals surface area (Å²) in [6.07, 6.45) is 5.12. The summed E-state index contributed by atoms with van der Waals surface area (Å²) in [5, 5.41) is 12.0. The second-order valence-corrected chi connectivity index (χ2v) is 8.24. The Labute approximate surface area is 149 Å². The third-order valence-electron chi connectivity index (χ3n) is 5.30. The average Bonchev–Trinajstić information content (AvgIpc) is 3.31. The molecular formula is C17H20N4O3S. The normalized spacial score (nSPS) is 29.8. The number of rotatable bonds is 5. The number of hydrogen-bond acceptors (Lipinski definition) is 6.